The van der Waals surface area contributed by atoms with E-state index in [-0.39, 0.29) is 31.0 Å². The SMILES string of the molecule is CCOC(=O)COc1ccc(Cl)cc1CNC(=O)[C@H](C)CC[C@H](N)CCc1ccccc1. The number of rotatable bonds is 13. The molecule has 0 radical (unpaired) electrons. The van der Waals surface area contributed by atoms with Crippen LogP contribution in [0.15, 0.2) is 48.5 Å². The Morgan fingerprint density at radius 2 is 1.84 bits per heavy atom. The van der Waals surface area contributed by atoms with Crippen molar-refractivity contribution in [2.24, 2.45) is 11.7 Å². The van der Waals surface area contributed by atoms with Crippen molar-refractivity contribution in [3.63, 3.8) is 0 Å². The summed E-state index contributed by atoms with van der Waals surface area (Å²) >= 11 is 6.09. The van der Waals surface area contributed by atoms with E-state index in [2.05, 4.69) is 17.4 Å². The number of nitrogens with two attached hydrogens (primary N) is 1. The molecule has 2 aromatic rings. The van der Waals surface area contributed by atoms with Crippen molar-refractivity contribution in [3.05, 3.63) is 64.7 Å². The first-order valence-corrected chi connectivity index (χ1v) is 11.4. The van der Waals surface area contributed by atoms with Gasteiger partial charge in [0.25, 0.3) is 0 Å². The van der Waals surface area contributed by atoms with E-state index in [1.54, 1.807) is 25.1 Å². The molecule has 32 heavy (non-hydrogen) atoms. The molecule has 2 atom stereocenters. The van der Waals surface area contributed by atoms with Crippen molar-refractivity contribution in [2.45, 2.75) is 52.1 Å². The third-order valence-corrected chi connectivity index (χ3v) is 5.43. The van der Waals surface area contributed by atoms with Crippen LogP contribution < -0.4 is 15.8 Å². The first-order valence-electron chi connectivity index (χ1n) is 11.0. The molecule has 0 saturated carbocycles. The van der Waals surface area contributed by atoms with Crippen LogP contribution in [0.5, 0.6) is 5.75 Å². The first kappa shape index (κ1) is 25.7. The van der Waals surface area contributed by atoms with Crippen LogP contribution in [-0.2, 0) is 27.3 Å². The summed E-state index contributed by atoms with van der Waals surface area (Å²) in [4.78, 5) is 24.1. The highest BCUT2D eigenvalue weighted by molar-refractivity contribution is 6.30. The molecule has 7 heteroatoms. The number of hydrogen-bond acceptors (Lipinski definition) is 5. The van der Waals surface area contributed by atoms with Gasteiger partial charge >= 0.3 is 5.97 Å². The van der Waals surface area contributed by atoms with Gasteiger partial charge in [0.05, 0.1) is 6.61 Å². The van der Waals surface area contributed by atoms with Crippen molar-refractivity contribution in [2.75, 3.05) is 13.2 Å². The molecule has 0 bridgehead atoms. The lowest BCUT2D eigenvalue weighted by molar-refractivity contribution is -0.145. The Kier molecular flexibility index (Phi) is 11.0. The highest BCUT2D eigenvalue weighted by Gasteiger charge is 2.16. The number of nitrogens with one attached hydrogen (secondary N) is 1. The van der Waals surface area contributed by atoms with Crippen molar-refractivity contribution >= 4 is 23.5 Å². The number of carbonyl (C=O) groups excluding carboxylic acids is 2. The van der Waals surface area contributed by atoms with E-state index in [0.29, 0.717) is 29.4 Å². The molecule has 174 valence electrons. The van der Waals surface area contributed by atoms with Crippen LogP contribution in [0.3, 0.4) is 0 Å². The fraction of sp³-hybridized carbons (Fsp3) is 0.440. The molecule has 1 amide bonds. The largest absolute Gasteiger partial charge is 0.482 e. The maximum absolute atomic E-state index is 12.6. The highest BCUT2D eigenvalue weighted by Crippen LogP contribution is 2.23. The van der Waals surface area contributed by atoms with E-state index in [1.165, 1.54) is 5.56 Å². The van der Waals surface area contributed by atoms with Gasteiger partial charge < -0.3 is 20.5 Å². The quantitative estimate of drug-likeness (QED) is 0.435. The lowest BCUT2D eigenvalue weighted by Crippen LogP contribution is -2.30. The molecule has 0 unspecified atom stereocenters. The second-order valence-corrected chi connectivity index (χ2v) is 8.26. The minimum atomic E-state index is -0.449. The molecule has 6 nitrogen and oxygen atoms in total. The smallest absolute Gasteiger partial charge is 0.344 e. The number of benzene rings is 2. The molecule has 0 heterocycles. The minimum absolute atomic E-state index is 0.0567. The van der Waals surface area contributed by atoms with E-state index < -0.39 is 5.97 Å². The normalized spacial score (nSPS) is 12.6. The number of esters is 1. The van der Waals surface area contributed by atoms with Crippen LogP contribution in [0.25, 0.3) is 0 Å². The van der Waals surface area contributed by atoms with Gasteiger partial charge in [-0.3, -0.25) is 4.79 Å². The maximum atomic E-state index is 12.6. The summed E-state index contributed by atoms with van der Waals surface area (Å²) in [5.74, 6) is -0.189. The van der Waals surface area contributed by atoms with Crippen LogP contribution in [0, 0.1) is 5.92 Å². The number of halogens is 1. The van der Waals surface area contributed by atoms with Crippen molar-refractivity contribution in [3.8, 4) is 5.75 Å². The molecule has 3 N–H and O–H groups in total. The molecule has 0 saturated heterocycles. The van der Waals surface area contributed by atoms with Gasteiger partial charge in [-0.15, -0.1) is 0 Å². The molecule has 0 aliphatic heterocycles. The van der Waals surface area contributed by atoms with Gasteiger partial charge in [0.1, 0.15) is 5.75 Å². The Balaban J connectivity index is 1.78. The summed E-state index contributed by atoms with van der Waals surface area (Å²) in [7, 11) is 0. The molecule has 0 fully saturated rings. The van der Waals surface area contributed by atoms with E-state index in [0.717, 1.165) is 19.3 Å². The summed E-state index contributed by atoms with van der Waals surface area (Å²) in [5.41, 5.74) is 8.22. The number of amides is 1. The average molecular weight is 461 g/mol. The number of aryl methyl sites for hydroxylation is 1. The zero-order chi connectivity index (χ0) is 23.3. The zero-order valence-corrected chi connectivity index (χ0v) is 19.6. The van der Waals surface area contributed by atoms with Crippen molar-refractivity contribution in [1.82, 2.24) is 5.32 Å². The Bertz CT molecular complexity index is 860. The lowest BCUT2D eigenvalue weighted by atomic mass is 9.97. The van der Waals surface area contributed by atoms with Gasteiger partial charge in [-0.25, -0.2) is 4.79 Å². The van der Waals surface area contributed by atoms with E-state index in [9.17, 15) is 9.59 Å². The monoisotopic (exact) mass is 460 g/mol. The van der Waals surface area contributed by atoms with Gasteiger partial charge in [-0.1, -0.05) is 48.9 Å². The van der Waals surface area contributed by atoms with Gasteiger partial charge in [0, 0.05) is 29.1 Å². The Morgan fingerprint density at radius 3 is 2.56 bits per heavy atom. The zero-order valence-electron chi connectivity index (χ0n) is 18.8. The number of ether oxygens (including phenoxy) is 2. The molecule has 0 aliphatic rings. The number of hydrogen-bond donors (Lipinski definition) is 2. The van der Waals surface area contributed by atoms with Gasteiger partial charge in [-0.05, 0) is 56.4 Å². The van der Waals surface area contributed by atoms with Crippen molar-refractivity contribution < 1.29 is 19.1 Å². The van der Waals surface area contributed by atoms with Gasteiger partial charge in [0.15, 0.2) is 6.61 Å². The second kappa shape index (κ2) is 13.8. The highest BCUT2D eigenvalue weighted by atomic mass is 35.5. The minimum Gasteiger partial charge on any atom is -0.482 e. The average Bonchev–Trinajstić information content (AvgIpc) is 2.79. The summed E-state index contributed by atoms with van der Waals surface area (Å²) in [6.45, 7) is 3.98. The maximum Gasteiger partial charge on any atom is 0.344 e. The number of carbonyl (C=O) groups is 2. The first-order chi connectivity index (χ1) is 15.4. The van der Waals surface area contributed by atoms with E-state index in [1.807, 2.05) is 25.1 Å². The van der Waals surface area contributed by atoms with E-state index in [4.69, 9.17) is 26.8 Å². The summed E-state index contributed by atoms with van der Waals surface area (Å²) < 4.78 is 10.4. The third-order valence-electron chi connectivity index (χ3n) is 5.19. The lowest BCUT2D eigenvalue weighted by Gasteiger charge is -2.17. The predicted molar refractivity (Wildman–Crippen MR) is 127 cm³/mol. The summed E-state index contributed by atoms with van der Waals surface area (Å²) in [6, 6.07) is 15.4. The molecule has 0 aliphatic carbocycles. The topological polar surface area (TPSA) is 90.6 Å². The molecule has 2 aromatic carbocycles. The van der Waals surface area contributed by atoms with Gasteiger partial charge in [-0.2, -0.15) is 0 Å². The van der Waals surface area contributed by atoms with Crippen molar-refractivity contribution in [1.29, 1.82) is 0 Å². The molecular weight excluding hydrogens is 428 g/mol. The standard InChI is InChI=1S/C25H33ClN2O4/c1-3-31-24(29)17-32-23-14-11-21(26)15-20(23)16-28-25(30)18(2)9-12-22(27)13-10-19-7-5-4-6-8-19/h4-8,11,14-15,18,22H,3,9-10,12-13,16-17,27H2,1-2H3,(H,28,30)/t18-,22+/m1/s1. The fourth-order valence-electron chi connectivity index (χ4n) is 3.26. The molecule has 2 rings (SSSR count). The van der Waals surface area contributed by atoms with Gasteiger partial charge in [0.2, 0.25) is 5.91 Å². The molecular formula is C25H33ClN2O4. The van der Waals surface area contributed by atoms with Crippen LogP contribution in [0.2, 0.25) is 5.02 Å². The third kappa shape index (κ3) is 9.28. The summed E-state index contributed by atoms with van der Waals surface area (Å²) in [5, 5.41) is 3.45. The molecule has 0 spiro atoms. The second-order valence-electron chi connectivity index (χ2n) is 7.83. The van der Waals surface area contributed by atoms with Crippen LogP contribution in [-0.4, -0.2) is 31.1 Å². The predicted octanol–water partition coefficient (Wildman–Crippen LogP) is 4.27. The fourth-order valence-corrected chi connectivity index (χ4v) is 3.45. The Morgan fingerprint density at radius 1 is 1.09 bits per heavy atom. The van der Waals surface area contributed by atoms with E-state index >= 15 is 0 Å². The van der Waals surface area contributed by atoms with Crippen LogP contribution >= 0.6 is 11.6 Å². The molecule has 0 aromatic heterocycles. The Hall–Kier alpha value is -2.57. The van der Waals surface area contributed by atoms with Crippen LogP contribution in [0.1, 0.15) is 44.2 Å². The summed E-state index contributed by atoms with van der Waals surface area (Å²) in [6.07, 6.45) is 3.32. The Labute approximate surface area is 195 Å². The van der Waals surface area contributed by atoms with Crippen LogP contribution in [0.4, 0.5) is 0 Å².